The monoisotopic (exact) mass is 303 g/mol. The van der Waals surface area contributed by atoms with Gasteiger partial charge in [-0.05, 0) is 50.9 Å². The van der Waals surface area contributed by atoms with Crippen molar-refractivity contribution < 1.29 is 13.2 Å². The predicted molar refractivity (Wildman–Crippen MR) is 81.2 cm³/mol. The molecule has 1 aliphatic heterocycles. The molecule has 118 valence electrons. The molecule has 0 bridgehead atoms. The Kier molecular flexibility index (Phi) is 5.87. The molecule has 5 heteroatoms. The second kappa shape index (κ2) is 7.23. The van der Waals surface area contributed by atoms with Gasteiger partial charge in [0.1, 0.15) is 0 Å². The average Bonchev–Trinajstić information content (AvgIpc) is 2.42. The van der Waals surface area contributed by atoms with Crippen LogP contribution in [0, 0.1) is 5.92 Å². The first-order valence-corrected chi connectivity index (χ1v) is 9.75. The number of nitrogens with zero attached hydrogens (tertiary/aromatic N) is 1. The Bertz CT molecular complexity index is 380. The Hall–Kier alpha value is -0.130. The molecule has 1 saturated carbocycles. The van der Waals surface area contributed by atoms with Gasteiger partial charge in [0, 0.05) is 13.1 Å². The third-order valence-electron chi connectivity index (χ3n) is 4.60. The van der Waals surface area contributed by atoms with Gasteiger partial charge in [-0.15, -0.1) is 0 Å². The Morgan fingerprint density at radius 1 is 1.00 bits per heavy atom. The molecular weight excluding hydrogens is 274 g/mol. The van der Waals surface area contributed by atoms with Crippen LogP contribution in [0.2, 0.25) is 0 Å². The van der Waals surface area contributed by atoms with Crippen LogP contribution in [-0.4, -0.2) is 43.8 Å². The molecule has 0 spiro atoms. The number of rotatable bonds is 5. The van der Waals surface area contributed by atoms with E-state index in [0.29, 0.717) is 25.6 Å². The molecule has 2 fully saturated rings. The van der Waals surface area contributed by atoms with Crippen LogP contribution in [0.25, 0.3) is 0 Å². The van der Waals surface area contributed by atoms with E-state index in [2.05, 4.69) is 6.92 Å². The fourth-order valence-electron chi connectivity index (χ4n) is 3.27. The van der Waals surface area contributed by atoms with E-state index in [0.717, 1.165) is 18.8 Å². The van der Waals surface area contributed by atoms with Gasteiger partial charge in [0.05, 0.1) is 18.0 Å². The SMILES string of the molecule is CCCS(=O)(=O)N1CCC(OC2CCC(C)CC2)CC1. The van der Waals surface area contributed by atoms with Crippen LogP contribution < -0.4 is 0 Å². The van der Waals surface area contributed by atoms with Gasteiger partial charge in [0.15, 0.2) is 0 Å². The molecule has 20 heavy (non-hydrogen) atoms. The highest BCUT2D eigenvalue weighted by Gasteiger charge is 2.29. The van der Waals surface area contributed by atoms with Gasteiger partial charge >= 0.3 is 0 Å². The maximum atomic E-state index is 12.0. The summed E-state index contributed by atoms with van der Waals surface area (Å²) in [5.41, 5.74) is 0. The van der Waals surface area contributed by atoms with E-state index >= 15 is 0 Å². The van der Waals surface area contributed by atoms with Crippen molar-refractivity contribution in [2.45, 2.75) is 71.0 Å². The summed E-state index contributed by atoms with van der Waals surface area (Å²) in [5.74, 6) is 1.12. The molecule has 2 aliphatic rings. The van der Waals surface area contributed by atoms with Crippen molar-refractivity contribution in [1.29, 1.82) is 0 Å². The third-order valence-corrected chi connectivity index (χ3v) is 6.68. The lowest BCUT2D eigenvalue weighted by Crippen LogP contribution is -2.42. The number of sulfonamides is 1. The number of hydrogen-bond acceptors (Lipinski definition) is 3. The van der Waals surface area contributed by atoms with Gasteiger partial charge in [-0.1, -0.05) is 13.8 Å². The summed E-state index contributed by atoms with van der Waals surface area (Å²) in [6.07, 6.45) is 7.98. The Balaban J connectivity index is 1.74. The third kappa shape index (κ3) is 4.43. The van der Waals surface area contributed by atoms with E-state index in [1.54, 1.807) is 4.31 Å². The zero-order valence-corrected chi connectivity index (χ0v) is 13.7. The molecule has 0 unspecified atom stereocenters. The molecule has 0 radical (unpaired) electrons. The van der Waals surface area contributed by atoms with Crippen LogP contribution in [0.4, 0.5) is 0 Å². The predicted octanol–water partition coefficient (Wildman–Crippen LogP) is 2.79. The molecule has 1 heterocycles. The maximum absolute atomic E-state index is 12.0. The van der Waals surface area contributed by atoms with E-state index < -0.39 is 10.0 Å². The Morgan fingerprint density at radius 2 is 1.55 bits per heavy atom. The smallest absolute Gasteiger partial charge is 0.214 e. The second-order valence-corrected chi connectivity index (χ2v) is 8.52. The van der Waals surface area contributed by atoms with Crippen molar-refractivity contribution in [3.8, 4) is 0 Å². The lowest BCUT2D eigenvalue weighted by atomic mass is 9.88. The van der Waals surface area contributed by atoms with Crippen molar-refractivity contribution in [3.05, 3.63) is 0 Å². The van der Waals surface area contributed by atoms with Crippen LogP contribution in [-0.2, 0) is 14.8 Å². The van der Waals surface area contributed by atoms with Gasteiger partial charge in [-0.25, -0.2) is 12.7 Å². The number of piperidine rings is 1. The fraction of sp³-hybridized carbons (Fsp3) is 1.00. The highest BCUT2D eigenvalue weighted by molar-refractivity contribution is 7.89. The highest BCUT2D eigenvalue weighted by Crippen LogP contribution is 2.28. The minimum Gasteiger partial charge on any atom is -0.375 e. The molecule has 1 saturated heterocycles. The van der Waals surface area contributed by atoms with Crippen molar-refractivity contribution in [3.63, 3.8) is 0 Å². The van der Waals surface area contributed by atoms with E-state index in [9.17, 15) is 8.42 Å². The normalized spacial score (nSPS) is 30.5. The molecule has 0 aromatic heterocycles. The molecule has 1 aliphatic carbocycles. The minimum atomic E-state index is -3.02. The standard InChI is InChI=1S/C15H29NO3S/c1-3-12-20(17,18)16-10-8-15(9-11-16)19-14-6-4-13(2)5-7-14/h13-15H,3-12H2,1-2H3. The molecular formula is C15H29NO3S. The summed E-state index contributed by atoms with van der Waals surface area (Å²) in [4.78, 5) is 0. The lowest BCUT2D eigenvalue weighted by Gasteiger charge is -2.35. The van der Waals surface area contributed by atoms with E-state index in [1.807, 2.05) is 6.92 Å². The van der Waals surface area contributed by atoms with Crippen molar-refractivity contribution in [2.75, 3.05) is 18.8 Å². The Labute approximate surface area is 123 Å². The van der Waals surface area contributed by atoms with E-state index in [1.165, 1.54) is 25.7 Å². The van der Waals surface area contributed by atoms with Crippen LogP contribution in [0.5, 0.6) is 0 Å². The summed E-state index contributed by atoms with van der Waals surface area (Å²) in [6, 6.07) is 0. The maximum Gasteiger partial charge on any atom is 0.214 e. The molecule has 0 N–H and O–H groups in total. The van der Waals surface area contributed by atoms with Crippen LogP contribution >= 0.6 is 0 Å². The van der Waals surface area contributed by atoms with E-state index in [4.69, 9.17) is 4.74 Å². The molecule has 0 amide bonds. The number of ether oxygens (including phenoxy) is 1. The summed E-state index contributed by atoms with van der Waals surface area (Å²) < 4.78 is 31.8. The van der Waals surface area contributed by atoms with Gasteiger partial charge in [-0.3, -0.25) is 0 Å². The first kappa shape index (κ1) is 16.2. The first-order valence-electron chi connectivity index (χ1n) is 8.14. The van der Waals surface area contributed by atoms with Gasteiger partial charge in [-0.2, -0.15) is 0 Å². The van der Waals surface area contributed by atoms with Crippen LogP contribution in [0.15, 0.2) is 0 Å². The molecule has 0 aromatic rings. The summed E-state index contributed by atoms with van der Waals surface area (Å²) in [5, 5.41) is 0. The van der Waals surface area contributed by atoms with Gasteiger partial charge in [0.2, 0.25) is 10.0 Å². The molecule has 0 aromatic carbocycles. The largest absolute Gasteiger partial charge is 0.375 e. The minimum absolute atomic E-state index is 0.265. The van der Waals surface area contributed by atoms with Crippen LogP contribution in [0.3, 0.4) is 0 Å². The summed E-state index contributed by atoms with van der Waals surface area (Å²) in [7, 11) is -3.02. The molecule has 0 atom stereocenters. The summed E-state index contributed by atoms with van der Waals surface area (Å²) in [6.45, 7) is 5.50. The van der Waals surface area contributed by atoms with Crippen molar-refractivity contribution in [2.24, 2.45) is 5.92 Å². The number of hydrogen-bond donors (Lipinski definition) is 0. The summed E-state index contributed by atoms with van der Waals surface area (Å²) >= 11 is 0. The quantitative estimate of drug-likeness (QED) is 0.784. The first-order chi connectivity index (χ1) is 9.51. The van der Waals surface area contributed by atoms with Gasteiger partial charge in [0.25, 0.3) is 0 Å². The zero-order valence-electron chi connectivity index (χ0n) is 12.9. The molecule has 2 rings (SSSR count). The molecule has 4 nitrogen and oxygen atoms in total. The fourth-order valence-corrected chi connectivity index (χ4v) is 4.81. The Morgan fingerprint density at radius 3 is 2.10 bits per heavy atom. The highest BCUT2D eigenvalue weighted by atomic mass is 32.2. The van der Waals surface area contributed by atoms with Crippen molar-refractivity contribution in [1.82, 2.24) is 4.31 Å². The van der Waals surface area contributed by atoms with E-state index in [-0.39, 0.29) is 11.9 Å². The second-order valence-electron chi connectivity index (χ2n) is 6.43. The average molecular weight is 303 g/mol. The topological polar surface area (TPSA) is 46.6 Å². The lowest BCUT2D eigenvalue weighted by molar-refractivity contribution is -0.0532. The zero-order chi connectivity index (χ0) is 14.6. The van der Waals surface area contributed by atoms with Gasteiger partial charge < -0.3 is 4.74 Å². The van der Waals surface area contributed by atoms with Crippen LogP contribution in [0.1, 0.15) is 58.8 Å². The van der Waals surface area contributed by atoms with Crippen molar-refractivity contribution >= 4 is 10.0 Å².